The summed E-state index contributed by atoms with van der Waals surface area (Å²) in [6, 6.07) is 0. The van der Waals surface area contributed by atoms with E-state index in [9.17, 15) is 4.79 Å². The molecular formula is C16H26N2O2S. The van der Waals surface area contributed by atoms with E-state index in [1.807, 2.05) is 11.5 Å². The van der Waals surface area contributed by atoms with Crippen LogP contribution in [0.5, 0.6) is 0 Å². The summed E-state index contributed by atoms with van der Waals surface area (Å²) >= 11 is 1.34. The molecule has 0 spiro atoms. The average Bonchev–Trinajstić information content (AvgIpc) is 2.89. The van der Waals surface area contributed by atoms with E-state index in [1.165, 1.54) is 11.3 Å². The molecule has 1 aromatic rings. The number of nitrogens with zero attached hydrogens (tertiary/aromatic N) is 1. The van der Waals surface area contributed by atoms with Gasteiger partial charge in [-0.1, -0.05) is 45.6 Å². The summed E-state index contributed by atoms with van der Waals surface area (Å²) in [4.78, 5) is 16.4. The third-order valence-corrected chi connectivity index (χ3v) is 3.83. The van der Waals surface area contributed by atoms with Gasteiger partial charge in [0.15, 0.2) is 5.13 Å². The quantitative estimate of drug-likeness (QED) is 0.394. The van der Waals surface area contributed by atoms with Crippen LogP contribution in [0.3, 0.4) is 0 Å². The van der Waals surface area contributed by atoms with Crippen LogP contribution in [0.15, 0.2) is 11.5 Å². The Labute approximate surface area is 131 Å². The zero-order chi connectivity index (χ0) is 15.5. The Morgan fingerprint density at radius 3 is 2.62 bits per heavy atom. The molecule has 21 heavy (non-hydrogen) atoms. The number of rotatable bonds is 10. The number of thiazole rings is 1. The summed E-state index contributed by atoms with van der Waals surface area (Å²) in [7, 11) is 0. The zero-order valence-corrected chi connectivity index (χ0v) is 13.9. The summed E-state index contributed by atoms with van der Waals surface area (Å²) < 4.78 is 5.34. The number of carbonyl (C=O) groups is 1. The summed E-state index contributed by atoms with van der Waals surface area (Å²) in [5.74, 6) is -0.284. The highest BCUT2D eigenvalue weighted by Crippen LogP contribution is 2.22. The van der Waals surface area contributed by atoms with E-state index in [-0.39, 0.29) is 5.97 Å². The molecule has 0 saturated heterocycles. The van der Waals surface area contributed by atoms with E-state index < -0.39 is 0 Å². The molecule has 1 heterocycles. The topological polar surface area (TPSA) is 65.2 Å². The molecule has 0 fully saturated rings. The maximum Gasteiger partial charge on any atom is 0.340 e. The first kappa shape index (κ1) is 17.7. The van der Waals surface area contributed by atoms with Gasteiger partial charge in [0, 0.05) is 5.38 Å². The van der Waals surface area contributed by atoms with Crippen LogP contribution in [0.4, 0.5) is 5.13 Å². The highest BCUT2D eigenvalue weighted by molar-refractivity contribution is 7.13. The molecule has 5 heteroatoms. The van der Waals surface area contributed by atoms with Gasteiger partial charge in [0.25, 0.3) is 0 Å². The molecule has 0 radical (unpaired) electrons. The molecule has 1 rings (SSSR count). The van der Waals surface area contributed by atoms with Gasteiger partial charge in [-0.25, -0.2) is 9.78 Å². The van der Waals surface area contributed by atoms with E-state index in [4.69, 9.17) is 10.5 Å². The maximum atomic E-state index is 12.2. The van der Waals surface area contributed by atoms with Crippen LogP contribution in [-0.2, 0) is 9.53 Å². The number of hydrogen-bond donors (Lipinski definition) is 1. The Morgan fingerprint density at radius 2 is 2.00 bits per heavy atom. The Kier molecular flexibility index (Phi) is 8.74. The zero-order valence-electron chi connectivity index (χ0n) is 13.1. The first-order chi connectivity index (χ1) is 10.2. The van der Waals surface area contributed by atoms with Gasteiger partial charge in [0.05, 0.1) is 17.9 Å². The first-order valence-corrected chi connectivity index (χ1v) is 8.65. The number of allylic oxidation sites excluding steroid dienone is 1. The molecule has 0 bridgehead atoms. The molecule has 0 atom stereocenters. The van der Waals surface area contributed by atoms with Crippen LogP contribution in [0.2, 0.25) is 0 Å². The highest BCUT2D eigenvalue weighted by atomic mass is 32.1. The monoisotopic (exact) mass is 310 g/mol. The van der Waals surface area contributed by atoms with Crippen LogP contribution in [0.25, 0.3) is 5.57 Å². The fourth-order valence-corrected chi connectivity index (χ4v) is 2.50. The molecule has 0 aliphatic carbocycles. The Hall–Kier alpha value is -1.36. The van der Waals surface area contributed by atoms with Crippen molar-refractivity contribution >= 4 is 28.0 Å². The van der Waals surface area contributed by atoms with Crippen molar-refractivity contribution in [2.45, 2.75) is 58.8 Å². The second-order valence-corrected chi connectivity index (χ2v) is 5.92. The molecule has 2 N–H and O–H groups in total. The molecule has 0 aliphatic rings. The number of unbranched alkanes of at least 4 members (excludes halogenated alkanes) is 5. The van der Waals surface area contributed by atoms with Crippen LogP contribution in [-0.4, -0.2) is 17.6 Å². The summed E-state index contributed by atoms with van der Waals surface area (Å²) in [6.07, 6.45) is 9.29. The first-order valence-electron chi connectivity index (χ1n) is 7.77. The number of aromatic nitrogens is 1. The lowest BCUT2D eigenvalue weighted by Gasteiger charge is -2.06. The number of nitrogens with two attached hydrogens (primary N) is 1. The van der Waals surface area contributed by atoms with Crippen molar-refractivity contribution in [2.24, 2.45) is 0 Å². The molecule has 118 valence electrons. The van der Waals surface area contributed by atoms with Crippen LogP contribution < -0.4 is 5.73 Å². The number of anilines is 1. The van der Waals surface area contributed by atoms with Crippen LogP contribution in [0, 0.1) is 0 Å². The molecule has 1 aromatic heterocycles. The fourth-order valence-electron chi connectivity index (χ4n) is 1.94. The second-order valence-electron chi connectivity index (χ2n) is 5.03. The van der Waals surface area contributed by atoms with Gasteiger partial charge in [-0.15, -0.1) is 11.3 Å². The molecule has 4 nitrogen and oxygen atoms in total. The lowest BCUT2D eigenvalue weighted by Crippen LogP contribution is -2.09. The SMILES string of the molecule is CCCCCC=C(C(=O)OCCCCC)c1csc(N)n1. The number of nitrogen functional groups attached to an aromatic ring is 1. The predicted molar refractivity (Wildman–Crippen MR) is 89.1 cm³/mol. The van der Waals surface area contributed by atoms with Crippen molar-refractivity contribution < 1.29 is 9.53 Å². The van der Waals surface area contributed by atoms with E-state index in [0.29, 0.717) is 23.0 Å². The molecule has 0 amide bonds. The van der Waals surface area contributed by atoms with E-state index in [2.05, 4.69) is 18.8 Å². The maximum absolute atomic E-state index is 12.2. The minimum absolute atomic E-state index is 0.284. The molecule has 0 saturated carbocycles. The van der Waals surface area contributed by atoms with Gasteiger partial charge in [0.2, 0.25) is 0 Å². The summed E-state index contributed by atoms with van der Waals surface area (Å²) in [5.41, 5.74) is 6.85. The van der Waals surface area contributed by atoms with Crippen LogP contribution in [0.1, 0.15) is 64.5 Å². The minimum Gasteiger partial charge on any atom is -0.462 e. The Balaban J connectivity index is 2.65. The number of carbonyl (C=O) groups excluding carboxylic acids is 1. The standard InChI is InChI=1S/C16H26N2O2S/c1-3-5-7-8-10-13(14-12-21-16(17)18-14)15(19)20-11-9-6-4-2/h10,12H,3-9,11H2,1-2H3,(H2,17,18). The molecule has 0 aromatic carbocycles. The Morgan fingerprint density at radius 1 is 1.29 bits per heavy atom. The van der Waals surface area contributed by atoms with Crippen molar-refractivity contribution in [1.29, 1.82) is 0 Å². The van der Waals surface area contributed by atoms with Gasteiger partial charge in [-0.2, -0.15) is 0 Å². The summed E-state index contributed by atoms with van der Waals surface area (Å²) in [5, 5.41) is 2.29. The van der Waals surface area contributed by atoms with Crippen molar-refractivity contribution in [3.63, 3.8) is 0 Å². The van der Waals surface area contributed by atoms with Gasteiger partial charge in [0.1, 0.15) is 0 Å². The summed E-state index contributed by atoms with van der Waals surface area (Å²) in [6.45, 7) is 4.76. The molecular weight excluding hydrogens is 284 g/mol. The van der Waals surface area contributed by atoms with Crippen LogP contribution >= 0.6 is 11.3 Å². The van der Waals surface area contributed by atoms with Crippen molar-refractivity contribution in [3.05, 3.63) is 17.2 Å². The van der Waals surface area contributed by atoms with E-state index in [1.54, 1.807) is 0 Å². The van der Waals surface area contributed by atoms with Crippen molar-refractivity contribution in [2.75, 3.05) is 12.3 Å². The number of esters is 1. The molecule has 0 aliphatic heterocycles. The Bertz CT molecular complexity index is 455. The van der Waals surface area contributed by atoms with E-state index >= 15 is 0 Å². The highest BCUT2D eigenvalue weighted by Gasteiger charge is 2.16. The minimum atomic E-state index is -0.284. The number of ether oxygens (including phenoxy) is 1. The van der Waals surface area contributed by atoms with Gasteiger partial charge < -0.3 is 10.5 Å². The number of hydrogen-bond acceptors (Lipinski definition) is 5. The van der Waals surface area contributed by atoms with Crippen molar-refractivity contribution in [1.82, 2.24) is 4.98 Å². The third-order valence-electron chi connectivity index (χ3n) is 3.15. The smallest absolute Gasteiger partial charge is 0.340 e. The lowest BCUT2D eigenvalue weighted by molar-refractivity contribution is -0.136. The average molecular weight is 310 g/mol. The fraction of sp³-hybridized carbons (Fsp3) is 0.625. The van der Waals surface area contributed by atoms with Gasteiger partial charge >= 0.3 is 5.97 Å². The van der Waals surface area contributed by atoms with E-state index in [0.717, 1.165) is 44.9 Å². The predicted octanol–water partition coefficient (Wildman–Crippen LogP) is 4.42. The third kappa shape index (κ3) is 6.76. The lowest BCUT2D eigenvalue weighted by atomic mass is 10.1. The van der Waals surface area contributed by atoms with Gasteiger partial charge in [-0.05, 0) is 19.3 Å². The van der Waals surface area contributed by atoms with Crippen molar-refractivity contribution in [3.8, 4) is 0 Å². The second kappa shape index (κ2) is 10.4. The normalized spacial score (nSPS) is 11.6. The van der Waals surface area contributed by atoms with Gasteiger partial charge in [-0.3, -0.25) is 0 Å². The largest absolute Gasteiger partial charge is 0.462 e. The molecule has 0 unspecified atom stereocenters.